The third kappa shape index (κ3) is 3.73. The van der Waals surface area contributed by atoms with Gasteiger partial charge in [-0.15, -0.1) is 0 Å². The lowest BCUT2D eigenvalue weighted by Crippen LogP contribution is -2.41. The number of rotatable bonds is 5. The molecular weight excluding hydrogens is 324 g/mol. The SMILES string of the molecule is CCOC(=O)c1cccc(C=C[C@@H](C)[C@H]2CC[C@H]3[C@@H](O)CCC[C@]23C)c1. The zero-order valence-electron chi connectivity index (χ0n) is 16.3. The molecule has 0 saturated heterocycles. The summed E-state index contributed by atoms with van der Waals surface area (Å²) in [6.45, 7) is 6.90. The monoisotopic (exact) mass is 356 g/mol. The van der Waals surface area contributed by atoms with Crippen LogP contribution in [-0.4, -0.2) is 23.8 Å². The zero-order chi connectivity index (χ0) is 18.7. The van der Waals surface area contributed by atoms with Crippen molar-refractivity contribution in [2.24, 2.45) is 23.2 Å². The molecule has 0 spiro atoms. The van der Waals surface area contributed by atoms with Crippen LogP contribution in [0.25, 0.3) is 6.08 Å². The summed E-state index contributed by atoms with van der Waals surface area (Å²) in [4.78, 5) is 11.9. The topological polar surface area (TPSA) is 46.5 Å². The van der Waals surface area contributed by atoms with Crippen molar-refractivity contribution in [3.8, 4) is 0 Å². The Morgan fingerprint density at radius 1 is 1.38 bits per heavy atom. The molecule has 0 amide bonds. The smallest absolute Gasteiger partial charge is 0.338 e. The van der Waals surface area contributed by atoms with E-state index in [2.05, 4.69) is 26.0 Å². The van der Waals surface area contributed by atoms with Gasteiger partial charge in [0.25, 0.3) is 0 Å². The minimum Gasteiger partial charge on any atom is -0.462 e. The molecule has 0 heterocycles. The lowest BCUT2D eigenvalue weighted by molar-refractivity contribution is -0.0230. The van der Waals surface area contributed by atoms with Crippen LogP contribution in [-0.2, 0) is 4.74 Å². The highest BCUT2D eigenvalue weighted by Crippen LogP contribution is 2.57. The molecule has 1 aromatic carbocycles. The van der Waals surface area contributed by atoms with Crippen LogP contribution in [0.4, 0.5) is 0 Å². The summed E-state index contributed by atoms with van der Waals surface area (Å²) in [5, 5.41) is 10.4. The molecule has 0 unspecified atom stereocenters. The van der Waals surface area contributed by atoms with Crippen LogP contribution >= 0.6 is 0 Å². The van der Waals surface area contributed by atoms with Crippen LogP contribution in [0.5, 0.6) is 0 Å². The van der Waals surface area contributed by atoms with Crippen molar-refractivity contribution in [3.63, 3.8) is 0 Å². The molecule has 0 aromatic heterocycles. The Morgan fingerprint density at radius 2 is 2.19 bits per heavy atom. The maximum Gasteiger partial charge on any atom is 0.338 e. The van der Waals surface area contributed by atoms with Crippen LogP contribution in [0.2, 0.25) is 0 Å². The quantitative estimate of drug-likeness (QED) is 0.748. The Bertz CT molecular complexity index is 665. The summed E-state index contributed by atoms with van der Waals surface area (Å²) in [5.41, 5.74) is 1.89. The van der Waals surface area contributed by atoms with E-state index in [-0.39, 0.29) is 17.5 Å². The number of aliphatic hydroxyl groups excluding tert-OH is 1. The molecule has 0 aliphatic heterocycles. The lowest BCUT2D eigenvalue weighted by Gasteiger charge is -2.44. The van der Waals surface area contributed by atoms with E-state index >= 15 is 0 Å². The molecule has 2 aliphatic rings. The lowest BCUT2D eigenvalue weighted by atomic mass is 9.62. The minimum absolute atomic E-state index is 0.115. The fraction of sp³-hybridized carbons (Fsp3) is 0.609. The Balaban J connectivity index is 1.71. The van der Waals surface area contributed by atoms with Gasteiger partial charge in [-0.3, -0.25) is 0 Å². The summed E-state index contributed by atoms with van der Waals surface area (Å²) in [5.74, 6) is 1.27. The van der Waals surface area contributed by atoms with Crippen LogP contribution in [0.3, 0.4) is 0 Å². The van der Waals surface area contributed by atoms with Gasteiger partial charge in [-0.25, -0.2) is 4.79 Å². The van der Waals surface area contributed by atoms with Crippen molar-refractivity contribution in [1.29, 1.82) is 0 Å². The van der Waals surface area contributed by atoms with Crippen molar-refractivity contribution >= 4 is 12.0 Å². The first kappa shape index (κ1) is 19.2. The molecule has 142 valence electrons. The van der Waals surface area contributed by atoms with Crippen LogP contribution in [0.1, 0.15) is 68.8 Å². The van der Waals surface area contributed by atoms with E-state index in [1.807, 2.05) is 25.1 Å². The molecular formula is C23H32O3. The number of hydrogen-bond acceptors (Lipinski definition) is 3. The number of fused-ring (bicyclic) bond motifs is 1. The largest absolute Gasteiger partial charge is 0.462 e. The van der Waals surface area contributed by atoms with Crippen molar-refractivity contribution in [1.82, 2.24) is 0 Å². The number of hydrogen-bond donors (Lipinski definition) is 1. The van der Waals surface area contributed by atoms with Crippen LogP contribution < -0.4 is 0 Å². The second-order valence-corrected chi connectivity index (χ2v) is 8.32. The maximum atomic E-state index is 11.9. The van der Waals surface area contributed by atoms with Gasteiger partial charge in [-0.1, -0.05) is 44.6 Å². The van der Waals surface area contributed by atoms with Crippen LogP contribution in [0.15, 0.2) is 30.3 Å². The first-order valence-electron chi connectivity index (χ1n) is 10.1. The maximum absolute atomic E-state index is 11.9. The first-order valence-corrected chi connectivity index (χ1v) is 10.1. The second kappa shape index (κ2) is 7.96. The summed E-state index contributed by atoms with van der Waals surface area (Å²) in [6, 6.07) is 7.62. The number of ether oxygens (including phenoxy) is 1. The van der Waals surface area contributed by atoms with E-state index in [0.717, 1.165) is 24.8 Å². The van der Waals surface area contributed by atoms with E-state index in [0.29, 0.717) is 29.9 Å². The fourth-order valence-electron chi connectivity index (χ4n) is 5.43. The molecule has 2 aliphatic carbocycles. The highest BCUT2D eigenvalue weighted by atomic mass is 16.5. The molecule has 1 aromatic rings. The van der Waals surface area contributed by atoms with Crippen molar-refractivity contribution in [2.75, 3.05) is 6.61 Å². The summed E-state index contributed by atoms with van der Waals surface area (Å²) in [6.07, 6.45) is 9.99. The molecule has 2 saturated carbocycles. The standard InChI is InChI=1S/C23H32O3/c1-4-26-22(25)18-8-5-7-17(15-18)11-10-16(2)19-12-13-20-21(24)9-6-14-23(19,20)3/h5,7-8,10-11,15-16,19-21,24H,4,6,9,12-14H2,1-3H3/t16-,19-,20+,21+,23-/m1/s1. The van der Waals surface area contributed by atoms with E-state index in [4.69, 9.17) is 4.74 Å². The van der Waals surface area contributed by atoms with Gasteiger partial charge in [0, 0.05) is 0 Å². The zero-order valence-corrected chi connectivity index (χ0v) is 16.3. The predicted octanol–water partition coefficient (Wildman–Crippen LogP) is 5.09. The Labute approximate surface area is 157 Å². The van der Waals surface area contributed by atoms with E-state index in [9.17, 15) is 9.90 Å². The van der Waals surface area contributed by atoms with Gasteiger partial charge in [0.1, 0.15) is 0 Å². The normalized spacial score (nSPS) is 32.4. The van der Waals surface area contributed by atoms with Gasteiger partial charge in [-0.05, 0) is 73.5 Å². The summed E-state index contributed by atoms with van der Waals surface area (Å²) < 4.78 is 5.09. The second-order valence-electron chi connectivity index (χ2n) is 8.32. The fourth-order valence-corrected chi connectivity index (χ4v) is 5.43. The summed E-state index contributed by atoms with van der Waals surface area (Å²) >= 11 is 0. The molecule has 3 rings (SSSR count). The Morgan fingerprint density at radius 3 is 2.96 bits per heavy atom. The number of carbonyl (C=O) groups is 1. The molecule has 26 heavy (non-hydrogen) atoms. The van der Waals surface area contributed by atoms with E-state index in [1.165, 1.54) is 12.8 Å². The average Bonchev–Trinajstić information content (AvgIpc) is 2.98. The van der Waals surface area contributed by atoms with Gasteiger partial charge < -0.3 is 9.84 Å². The van der Waals surface area contributed by atoms with Crippen molar-refractivity contribution in [2.45, 2.75) is 59.0 Å². The summed E-state index contributed by atoms with van der Waals surface area (Å²) in [7, 11) is 0. The minimum atomic E-state index is -0.266. The average molecular weight is 357 g/mol. The van der Waals surface area contributed by atoms with Gasteiger partial charge in [0.05, 0.1) is 18.3 Å². The van der Waals surface area contributed by atoms with Crippen molar-refractivity contribution < 1.29 is 14.6 Å². The van der Waals surface area contributed by atoms with Crippen molar-refractivity contribution in [3.05, 3.63) is 41.5 Å². The van der Waals surface area contributed by atoms with Gasteiger partial charge in [-0.2, -0.15) is 0 Å². The van der Waals surface area contributed by atoms with Gasteiger partial charge in [0.15, 0.2) is 0 Å². The van der Waals surface area contributed by atoms with Crippen LogP contribution in [0, 0.1) is 23.2 Å². The van der Waals surface area contributed by atoms with Gasteiger partial charge >= 0.3 is 5.97 Å². The number of aliphatic hydroxyl groups is 1. The van der Waals surface area contributed by atoms with E-state index < -0.39 is 0 Å². The molecule has 5 atom stereocenters. The Kier molecular flexibility index (Phi) is 5.86. The third-order valence-electron chi connectivity index (χ3n) is 6.79. The number of esters is 1. The molecule has 0 bridgehead atoms. The molecule has 1 N–H and O–H groups in total. The number of allylic oxidation sites excluding steroid dienone is 1. The molecule has 3 nitrogen and oxygen atoms in total. The molecule has 2 fully saturated rings. The first-order chi connectivity index (χ1) is 12.5. The number of carbonyl (C=O) groups excluding carboxylic acids is 1. The highest BCUT2D eigenvalue weighted by Gasteiger charge is 2.51. The number of benzene rings is 1. The third-order valence-corrected chi connectivity index (χ3v) is 6.79. The van der Waals surface area contributed by atoms with Gasteiger partial charge in [0.2, 0.25) is 0 Å². The molecule has 3 heteroatoms. The van der Waals surface area contributed by atoms with E-state index in [1.54, 1.807) is 6.07 Å². The molecule has 0 radical (unpaired) electrons. The highest BCUT2D eigenvalue weighted by molar-refractivity contribution is 5.90. The Hall–Kier alpha value is -1.61. The predicted molar refractivity (Wildman–Crippen MR) is 105 cm³/mol.